The molecule has 0 radical (unpaired) electrons. The van der Waals surface area contributed by atoms with E-state index in [1.165, 1.54) is 7.11 Å². The van der Waals surface area contributed by atoms with Crippen molar-refractivity contribution >= 4 is 11.9 Å². The molecular weight excluding hydrogens is 180 g/mol. The van der Waals surface area contributed by atoms with Gasteiger partial charge >= 0.3 is 0 Å². The van der Waals surface area contributed by atoms with Crippen molar-refractivity contribution in [1.82, 2.24) is 0 Å². The zero-order valence-electron chi connectivity index (χ0n) is 8.24. The molecule has 0 atom stereocenters. The molecule has 1 aromatic rings. The number of carbonyl (C=O) groups is 1. The van der Waals surface area contributed by atoms with Gasteiger partial charge in [0.05, 0.1) is 14.2 Å². The predicted octanol–water partition coefficient (Wildman–Crippen LogP) is 1.92. The molecule has 0 N–H and O–H groups in total. The molecule has 0 saturated heterocycles. The molecule has 0 fully saturated rings. The predicted molar refractivity (Wildman–Crippen MR) is 54.6 cm³/mol. The molecule has 3 nitrogen and oxygen atoms in total. The van der Waals surface area contributed by atoms with Crippen molar-refractivity contribution in [2.75, 3.05) is 14.2 Å². The van der Waals surface area contributed by atoms with Gasteiger partial charge in [0.2, 0.25) is 0 Å². The second kappa shape index (κ2) is 4.46. The maximum Gasteiger partial charge on any atom is 0.150 e. The first-order chi connectivity index (χ1) is 6.72. The lowest BCUT2D eigenvalue weighted by molar-refractivity contribution is -0.103. The highest BCUT2D eigenvalue weighted by atomic mass is 16.5. The Morgan fingerprint density at radius 3 is 2.57 bits per heavy atom. The van der Waals surface area contributed by atoms with Crippen molar-refractivity contribution in [2.45, 2.75) is 0 Å². The van der Waals surface area contributed by atoms with Crippen LogP contribution in [0.5, 0.6) is 11.5 Å². The maximum atomic E-state index is 10.5. The molecule has 74 valence electrons. The molecule has 0 aliphatic carbocycles. The number of ether oxygens (including phenoxy) is 2. The largest absolute Gasteiger partial charge is 0.497 e. The van der Waals surface area contributed by atoms with E-state index in [-0.39, 0.29) is 0 Å². The fraction of sp³-hybridized carbons (Fsp3) is 0.182. The molecule has 1 rings (SSSR count). The number of aldehydes is 1. The topological polar surface area (TPSA) is 35.5 Å². The number of hydrogen-bond donors (Lipinski definition) is 0. The van der Waals surface area contributed by atoms with Gasteiger partial charge in [0.25, 0.3) is 0 Å². The van der Waals surface area contributed by atoms with E-state index < -0.39 is 0 Å². The molecule has 14 heavy (non-hydrogen) atoms. The van der Waals surface area contributed by atoms with E-state index in [1.54, 1.807) is 25.3 Å². The normalized spacial score (nSPS) is 9.29. The van der Waals surface area contributed by atoms with Gasteiger partial charge in [-0.15, -0.1) is 0 Å². The molecule has 0 bridgehead atoms. The first-order valence-electron chi connectivity index (χ1n) is 4.09. The molecule has 0 aliphatic heterocycles. The van der Waals surface area contributed by atoms with E-state index in [0.717, 1.165) is 0 Å². The minimum Gasteiger partial charge on any atom is -0.497 e. The minimum absolute atomic E-state index is 0.393. The Morgan fingerprint density at radius 2 is 2.07 bits per heavy atom. The molecule has 0 aliphatic rings. The summed E-state index contributed by atoms with van der Waals surface area (Å²) in [4.78, 5) is 10.5. The van der Waals surface area contributed by atoms with E-state index in [0.29, 0.717) is 28.9 Å². The highest BCUT2D eigenvalue weighted by Gasteiger charge is 2.06. The van der Waals surface area contributed by atoms with Crippen molar-refractivity contribution in [3.8, 4) is 11.5 Å². The molecule has 0 amide bonds. The lowest BCUT2D eigenvalue weighted by Gasteiger charge is -2.08. The summed E-state index contributed by atoms with van der Waals surface area (Å²) in [5.41, 5.74) is 1.08. The third-order valence-electron chi connectivity index (χ3n) is 1.90. The van der Waals surface area contributed by atoms with E-state index in [4.69, 9.17) is 9.47 Å². The van der Waals surface area contributed by atoms with E-state index in [2.05, 4.69) is 6.58 Å². The molecule has 0 saturated carbocycles. The average molecular weight is 192 g/mol. The Balaban J connectivity index is 3.17. The zero-order chi connectivity index (χ0) is 10.6. The van der Waals surface area contributed by atoms with Crippen LogP contribution in [-0.4, -0.2) is 20.5 Å². The average Bonchev–Trinajstić information content (AvgIpc) is 2.27. The van der Waals surface area contributed by atoms with Gasteiger partial charge in [0.1, 0.15) is 17.8 Å². The Hall–Kier alpha value is -1.77. The second-order valence-electron chi connectivity index (χ2n) is 2.71. The van der Waals surface area contributed by atoms with Gasteiger partial charge in [-0.2, -0.15) is 0 Å². The van der Waals surface area contributed by atoms with Crippen LogP contribution in [-0.2, 0) is 4.79 Å². The van der Waals surface area contributed by atoms with E-state index >= 15 is 0 Å². The first-order valence-corrected chi connectivity index (χ1v) is 4.09. The van der Waals surface area contributed by atoms with Crippen LogP contribution in [0.4, 0.5) is 0 Å². The van der Waals surface area contributed by atoms with Gasteiger partial charge < -0.3 is 9.47 Å². The van der Waals surface area contributed by atoms with Gasteiger partial charge in [-0.25, -0.2) is 0 Å². The minimum atomic E-state index is 0.393. The highest BCUT2D eigenvalue weighted by Crippen LogP contribution is 2.28. The third kappa shape index (κ3) is 1.93. The van der Waals surface area contributed by atoms with Crippen molar-refractivity contribution in [1.29, 1.82) is 0 Å². The lowest BCUT2D eigenvalue weighted by Crippen LogP contribution is -1.93. The summed E-state index contributed by atoms with van der Waals surface area (Å²) >= 11 is 0. The Morgan fingerprint density at radius 1 is 1.36 bits per heavy atom. The monoisotopic (exact) mass is 192 g/mol. The maximum absolute atomic E-state index is 10.5. The number of rotatable bonds is 4. The van der Waals surface area contributed by atoms with Gasteiger partial charge in [-0.05, 0) is 12.1 Å². The summed E-state index contributed by atoms with van der Waals surface area (Å²) in [7, 11) is 3.11. The second-order valence-corrected chi connectivity index (χ2v) is 2.71. The van der Waals surface area contributed by atoms with Gasteiger partial charge in [-0.3, -0.25) is 4.79 Å². The zero-order valence-corrected chi connectivity index (χ0v) is 8.24. The quantitative estimate of drug-likeness (QED) is 0.540. The standard InChI is InChI=1S/C11H12O3/c1-8(7-12)10-5-4-9(13-2)6-11(10)14-3/h4-7H,1H2,2-3H3. The molecule has 0 spiro atoms. The van der Waals surface area contributed by atoms with Crippen LogP contribution in [0, 0.1) is 0 Å². The van der Waals surface area contributed by atoms with Gasteiger partial charge in [0.15, 0.2) is 0 Å². The molecule has 0 unspecified atom stereocenters. The van der Waals surface area contributed by atoms with Gasteiger partial charge in [-0.1, -0.05) is 6.58 Å². The Kier molecular flexibility index (Phi) is 3.29. The summed E-state index contributed by atoms with van der Waals surface area (Å²) < 4.78 is 10.1. The molecule has 0 heterocycles. The number of methoxy groups -OCH3 is 2. The van der Waals surface area contributed by atoms with Crippen LogP contribution >= 0.6 is 0 Å². The van der Waals surface area contributed by atoms with Crippen LogP contribution in [0.15, 0.2) is 24.8 Å². The molecule has 3 heteroatoms. The summed E-state index contributed by atoms with van der Waals surface area (Å²) in [5.74, 6) is 1.27. The molecule has 0 aromatic heterocycles. The highest BCUT2D eigenvalue weighted by molar-refractivity contribution is 6.07. The number of allylic oxidation sites excluding steroid dienone is 1. The Bertz CT molecular complexity index is 356. The summed E-state index contributed by atoms with van der Waals surface area (Å²) in [6.45, 7) is 3.62. The fourth-order valence-corrected chi connectivity index (χ4v) is 1.13. The third-order valence-corrected chi connectivity index (χ3v) is 1.90. The van der Waals surface area contributed by atoms with Crippen LogP contribution in [0.25, 0.3) is 5.57 Å². The number of benzene rings is 1. The van der Waals surface area contributed by atoms with E-state index in [9.17, 15) is 4.79 Å². The summed E-state index contributed by atoms with van der Waals surface area (Å²) in [6.07, 6.45) is 0.699. The van der Waals surface area contributed by atoms with Crippen LogP contribution < -0.4 is 9.47 Å². The van der Waals surface area contributed by atoms with Crippen LogP contribution in [0.2, 0.25) is 0 Å². The fourth-order valence-electron chi connectivity index (χ4n) is 1.13. The Labute approximate surface area is 83.0 Å². The van der Waals surface area contributed by atoms with Crippen molar-refractivity contribution in [3.05, 3.63) is 30.3 Å². The smallest absolute Gasteiger partial charge is 0.150 e. The molecule has 1 aromatic carbocycles. The van der Waals surface area contributed by atoms with E-state index in [1.807, 2.05) is 0 Å². The first kappa shape index (κ1) is 10.3. The molecular formula is C11H12O3. The van der Waals surface area contributed by atoms with Crippen molar-refractivity contribution < 1.29 is 14.3 Å². The van der Waals surface area contributed by atoms with Crippen molar-refractivity contribution in [2.24, 2.45) is 0 Å². The number of hydrogen-bond acceptors (Lipinski definition) is 3. The summed E-state index contributed by atoms with van der Waals surface area (Å²) in [6, 6.07) is 5.21. The van der Waals surface area contributed by atoms with Crippen LogP contribution in [0.3, 0.4) is 0 Å². The van der Waals surface area contributed by atoms with Gasteiger partial charge in [0, 0.05) is 17.2 Å². The van der Waals surface area contributed by atoms with Crippen LogP contribution in [0.1, 0.15) is 5.56 Å². The SMILES string of the molecule is C=C(C=O)c1ccc(OC)cc1OC. The number of carbonyl (C=O) groups excluding carboxylic acids is 1. The lowest BCUT2D eigenvalue weighted by atomic mass is 10.1. The van der Waals surface area contributed by atoms with Crippen molar-refractivity contribution in [3.63, 3.8) is 0 Å². The summed E-state index contributed by atoms with van der Waals surface area (Å²) in [5, 5.41) is 0.